The fourth-order valence-electron chi connectivity index (χ4n) is 3.84. The summed E-state index contributed by atoms with van der Waals surface area (Å²) in [5.41, 5.74) is 2.85. The SMILES string of the molecule is COc1ccc([C@@H](NS(=O)(=O)c2ccc(C)cc2)c2cc3ccccc3n2C(=O)N(C)C)cc1. The lowest BCUT2D eigenvalue weighted by Gasteiger charge is -2.23. The third-order valence-electron chi connectivity index (χ3n) is 5.66. The second-order valence-corrected chi connectivity index (χ2v) is 9.99. The van der Waals surface area contributed by atoms with Gasteiger partial charge in [0, 0.05) is 19.5 Å². The number of para-hydroxylation sites is 1. The number of aryl methyl sites for hydroxylation is 1. The highest BCUT2D eigenvalue weighted by Gasteiger charge is 2.29. The monoisotopic (exact) mass is 477 g/mol. The number of amides is 1. The number of sulfonamides is 1. The lowest BCUT2D eigenvalue weighted by atomic mass is 10.0. The van der Waals surface area contributed by atoms with Gasteiger partial charge in [-0.05, 0) is 48.9 Å². The van der Waals surface area contributed by atoms with E-state index < -0.39 is 16.1 Å². The van der Waals surface area contributed by atoms with Gasteiger partial charge in [0.15, 0.2) is 0 Å². The molecule has 0 aliphatic rings. The van der Waals surface area contributed by atoms with E-state index in [1.165, 1.54) is 4.90 Å². The van der Waals surface area contributed by atoms with Gasteiger partial charge >= 0.3 is 6.03 Å². The highest BCUT2D eigenvalue weighted by molar-refractivity contribution is 7.89. The molecular weight excluding hydrogens is 450 g/mol. The molecule has 176 valence electrons. The Hall–Kier alpha value is -3.62. The number of rotatable bonds is 6. The summed E-state index contributed by atoms with van der Waals surface area (Å²) in [6.07, 6.45) is 0. The van der Waals surface area contributed by atoms with Crippen LogP contribution in [0.3, 0.4) is 0 Å². The van der Waals surface area contributed by atoms with Gasteiger partial charge in [0.25, 0.3) is 0 Å². The van der Waals surface area contributed by atoms with Crippen molar-refractivity contribution >= 4 is 27.0 Å². The molecule has 1 aromatic heterocycles. The first-order chi connectivity index (χ1) is 16.2. The molecule has 0 aliphatic carbocycles. The zero-order chi connectivity index (χ0) is 24.5. The molecule has 0 unspecified atom stereocenters. The smallest absolute Gasteiger partial charge is 0.328 e. The Kier molecular flexibility index (Phi) is 6.45. The Morgan fingerprint density at radius 2 is 1.62 bits per heavy atom. The van der Waals surface area contributed by atoms with E-state index in [0.29, 0.717) is 22.5 Å². The quantitative estimate of drug-likeness (QED) is 0.442. The second-order valence-electron chi connectivity index (χ2n) is 8.28. The molecule has 0 bridgehead atoms. The van der Waals surface area contributed by atoms with Gasteiger partial charge in [-0.15, -0.1) is 0 Å². The number of methoxy groups -OCH3 is 1. The summed E-state index contributed by atoms with van der Waals surface area (Å²) in [5, 5.41) is 0.834. The van der Waals surface area contributed by atoms with Gasteiger partial charge in [-0.1, -0.05) is 48.0 Å². The summed E-state index contributed by atoms with van der Waals surface area (Å²) >= 11 is 0. The minimum atomic E-state index is -3.91. The Morgan fingerprint density at radius 1 is 0.971 bits per heavy atom. The number of carbonyl (C=O) groups excluding carboxylic acids is 1. The average molecular weight is 478 g/mol. The van der Waals surface area contributed by atoms with Gasteiger partial charge < -0.3 is 9.64 Å². The van der Waals surface area contributed by atoms with E-state index in [4.69, 9.17) is 4.74 Å². The highest BCUT2D eigenvalue weighted by atomic mass is 32.2. The van der Waals surface area contributed by atoms with E-state index in [-0.39, 0.29) is 10.9 Å². The zero-order valence-electron chi connectivity index (χ0n) is 19.5. The number of hydrogen-bond donors (Lipinski definition) is 1. The van der Waals surface area contributed by atoms with Crippen LogP contribution < -0.4 is 9.46 Å². The van der Waals surface area contributed by atoms with Crippen molar-refractivity contribution in [2.45, 2.75) is 17.9 Å². The van der Waals surface area contributed by atoms with Crippen LogP contribution in [-0.2, 0) is 10.0 Å². The predicted octanol–water partition coefficient (Wildman–Crippen LogP) is 4.56. The van der Waals surface area contributed by atoms with Crippen molar-refractivity contribution in [1.82, 2.24) is 14.2 Å². The topological polar surface area (TPSA) is 80.6 Å². The van der Waals surface area contributed by atoms with Gasteiger partial charge in [-0.2, -0.15) is 4.72 Å². The lowest BCUT2D eigenvalue weighted by Crippen LogP contribution is -2.34. The summed E-state index contributed by atoms with van der Waals surface area (Å²) in [4.78, 5) is 14.9. The van der Waals surface area contributed by atoms with Crippen LogP contribution in [0.4, 0.5) is 4.79 Å². The normalized spacial score (nSPS) is 12.5. The van der Waals surface area contributed by atoms with E-state index in [2.05, 4.69) is 4.72 Å². The molecule has 1 atom stereocenters. The Balaban J connectivity index is 1.91. The number of aromatic nitrogens is 1. The number of nitrogens with zero attached hydrogens (tertiary/aromatic N) is 2. The first-order valence-electron chi connectivity index (χ1n) is 10.8. The molecule has 3 aromatic carbocycles. The maximum Gasteiger partial charge on any atom is 0.328 e. The van der Waals surface area contributed by atoms with Crippen LogP contribution in [-0.4, -0.2) is 45.1 Å². The van der Waals surface area contributed by atoms with E-state index in [1.54, 1.807) is 74.3 Å². The van der Waals surface area contributed by atoms with Crippen molar-refractivity contribution in [3.63, 3.8) is 0 Å². The van der Waals surface area contributed by atoms with Gasteiger partial charge in [0.1, 0.15) is 5.75 Å². The average Bonchev–Trinajstić information content (AvgIpc) is 3.21. The van der Waals surface area contributed by atoms with Gasteiger partial charge in [-0.25, -0.2) is 13.2 Å². The number of carbonyl (C=O) groups is 1. The summed E-state index contributed by atoms with van der Waals surface area (Å²) in [6.45, 7) is 1.90. The minimum absolute atomic E-state index is 0.151. The molecule has 0 spiro atoms. The Bertz CT molecular complexity index is 1420. The minimum Gasteiger partial charge on any atom is -0.497 e. The molecular formula is C26H27N3O4S. The fourth-order valence-corrected chi connectivity index (χ4v) is 5.04. The molecule has 1 heterocycles. The summed E-state index contributed by atoms with van der Waals surface area (Å²) < 4.78 is 36.5. The molecule has 0 fully saturated rings. The van der Waals surface area contributed by atoms with E-state index in [0.717, 1.165) is 10.9 Å². The van der Waals surface area contributed by atoms with Crippen LogP contribution in [0.1, 0.15) is 22.9 Å². The van der Waals surface area contributed by atoms with E-state index >= 15 is 0 Å². The molecule has 0 aliphatic heterocycles. The molecule has 34 heavy (non-hydrogen) atoms. The maximum atomic E-state index is 13.4. The van der Waals surface area contributed by atoms with Crippen molar-refractivity contribution in [1.29, 1.82) is 0 Å². The highest BCUT2D eigenvalue weighted by Crippen LogP contribution is 2.31. The molecule has 4 aromatic rings. The number of fused-ring (bicyclic) bond motifs is 1. The third-order valence-corrected chi connectivity index (χ3v) is 7.10. The summed E-state index contributed by atoms with van der Waals surface area (Å²) in [5.74, 6) is 0.647. The van der Waals surface area contributed by atoms with Gasteiger partial charge in [0.05, 0.1) is 29.3 Å². The summed E-state index contributed by atoms with van der Waals surface area (Å²) in [6, 6.07) is 22.0. The third kappa shape index (κ3) is 4.55. The Morgan fingerprint density at radius 3 is 2.24 bits per heavy atom. The van der Waals surface area contributed by atoms with Crippen LogP contribution in [0.25, 0.3) is 10.9 Å². The van der Waals surface area contributed by atoms with Crippen LogP contribution in [0.5, 0.6) is 5.75 Å². The molecule has 1 amide bonds. The Labute approximate surface area is 199 Å². The van der Waals surface area contributed by atoms with Crippen LogP contribution >= 0.6 is 0 Å². The standard InChI is InChI=1S/C26H27N3O4S/c1-18-9-15-22(16-10-18)34(31,32)27-25(19-11-13-21(33-4)14-12-19)24-17-20-7-5-6-8-23(20)29(24)26(30)28(2)3/h5-17,25,27H,1-4H3/t25-/m1/s1. The van der Waals surface area contributed by atoms with Crippen LogP contribution in [0.15, 0.2) is 83.8 Å². The lowest BCUT2D eigenvalue weighted by molar-refractivity contribution is 0.219. The van der Waals surface area contributed by atoms with Crippen molar-refractivity contribution < 1.29 is 17.9 Å². The van der Waals surface area contributed by atoms with Crippen molar-refractivity contribution in [2.24, 2.45) is 0 Å². The number of nitrogens with one attached hydrogen (secondary N) is 1. The van der Waals surface area contributed by atoms with Crippen LogP contribution in [0.2, 0.25) is 0 Å². The first kappa shape index (κ1) is 23.5. The van der Waals surface area contributed by atoms with E-state index in [9.17, 15) is 13.2 Å². The molecule has 0 saturated carbocycles. The molecule has 7 nitrogen and oxygen atoms in total. The number of ether oxygens (including phenoxy) is 1. The fraction of sp³-hybridized carbons (Fsp3) is 0.192. The first-order valence-corrected chi connectivity index (χ1v) is 12.2. The molecule has 8 heteroatoms. The van der Waals surface area contributed by atoms with E-state index in [1.807, 2.05) is 37.3 Å². The largest absolute Gasteiger partial charge is 0.497 e. The maximum absolute atomic E-state index is 13.4. The number of benzene rings is 3. The predicted molar refractivity (Wildman–Crippen MR) is 133 cm³/mol. The molecule has 1 N–H and O–H groups in total. The van der Waals surface area contributed by atoms with Gasteiger partial charge in [0.2, 0.25) is 10.0 Å². The van der Waals surface area contributed by atoms with Crippen molar-refractivity contribution in [3.8, 4) is 5.75 Å². The molecule has 0 saturated heterocycles. The summed E-state index contributed by atoms with van der Waals surface area (Å²) in [7, 11) is 0.995. The zero-order valence-corrected chi connectivity index (χ0v) is 20.3. The van der Waals surface area contributed by atoms with Crippen LogP contribution in [0, 0.1) is 6.92 Å². The van der Waals surface area contributed by atoms with Crippen molar-refractivity contribution in [2.75, 3.05) is 21.2 Å². The van der Waals surface area contributed by atoms with Gasteiger partial charge in [-0.3, -0.25) is 4.57 Å². The molecule has 4 rings (SSSR count). The second kappa shape index (κ2) is 9.32. The van der Waals surface area contributed by atoms with Crippen molar-refractivity contribution in [3.05, 3.63) is 95.7 Å². The number of hydrogen-bond acceptors (Lipinski definition) is 4. The molecule has 0 radical (unpaired) electrons.